The van der Waals surface area contributed by atoms with Crippen LogP contribution in [0.4, 0.5) is 0 Å². The third kappa shape index (κ3) is 4.30. The van der Waals surface area contributed by atoms with E-state index in [0.717, 1.165) is 32.5 Å². The van der Waals surface area contributed by atoms with E-state index in [9.17, 15) is 0 Å². The molecule has 0 aromatic heterocycles. The van der Waals surface area contributed by atoms with E-state index in [1.807, 2.05) is 0 Å². The number of aryl methyl sites for hydroxylation is 2. The van der Waals surface area contributed by atoms with E-state index in [1.165, 1.54) is 16.7 Å². The molecule has 0 spiro atoms. The fourth-order valence-electron chi connectivity index (χ4n) is 2.68. The van der Waals surface area contributed by atoms with Gasteiger partial charge in [-0.3, -0.25) is 4.90 Å². The average molecular weight is 262 g/mol. The Kier molecular flexibility index (Phi) is 5.37. The molecule has 3 nitrogen and oxygen atoms in total. The van der Waals surface area contributed by atoms with Crippen LogP contribution in [0.1, 0.15) is 29.5 Å². The summed E-state index contributed by atoms with van der Waals surface area (Å²) in [5.41, 5.74) is 9.67. The summed E-state index contributed by atoms with van der Waals surface area (Å²) >= 11 is 0. The predicted molar refractivity (Wildman–Crippen MR) is 79.2 cm³/mol. The van der Waals surface area contributed by atoms with Gasteiger partial charge in [-0.05, 0) is 37.8 Å². The van der Waals surface area contributed by atoms with E-state index >= 15 is 0 Å². The largest absolute Gasteiger partial charge is 0.377 e. The minimum absolute atomic E-state index is 0.415. The molecule has 3 heteroatoms. The Morgan fingerprint density at radius 2 is 2.00 bits per heavy atom. The zero-order valence-corrected chi connectivity index (χ0v) is 12.2. The summed E-state index contributed by atoms with van der Waals surface area (Å²) in [5, 5.41) is 0. The van der Waals surface area contributed by atoms with Crippen LogP contribution in [-0.4, -0.2) is 37.2 Å². The van der Waals surface area contributed by atoms with Gasteiger partial charge in [-0.2, -0.15) is 0 Å². The van der Waals surface area contributed by atoms with E-state index in [2.05, 4.69) is 36.9 Å². The molecule has 0 aliphatic carbocycles. The standard InChI is InChI=1S/C16H26N2O/c1-13-3-4-14(2)15(11-13)12-18-8-5-16(6-9-18)19-10-7-17/h3-4,11,16H,5-10,12,17H2,1-2H3. The van der Waals surface area contributed by atoms with Crippen LogP contribution in [0.25, 0.3) is 0 Å². The first-order valence-electron chi connectivity index (χ1n) is 7.29. The molecule has 1 saturated heterocycles. The first-order valence-corrected chi connectivity index (χ1v) is 7.29. The van der Waals surface area contributed by atoms with Crippen molar-refractivity contribution < 1.29 is 4.74 Å². The molecule has 2 rings (SSSR count). The van der Waals surface area contributed by atoms with Crippen LogP contribution >= 0.6 is 0 Å². The van der Waals surface area contributed by atoms with E-state index in [-0.39, 0.29) is 0 Å². The number of piperidine rings is 1. The summed E-state index contributed by atoms with van der Waals surface area (Å²) in [5.74, 6) is 0. The second kappa shape index (κ2) is 7.04. The number of rotatable bonds is 5. The van der Waals surface area contributed by atoms with E-state index in [4.69, 9.17) is 10.5 Å². The molecule has 0 radical (unpaired) electrons. The van der Waals surface area contributed by atoms with Crippen molar-refractivity contribution >= 4 is 0 Å². The fraction of sp³-hybridized carbons (Fsp3) is 0.625. The molecule has 1 aromatic carbocycles. The first kappa shape index (κ1) is 14.5. The molecule has 0 amide bonds. The summed E-state index contributed by atoms with van der Waals surface area (Å²) < 4.78 is 5.72. The lowest BCUT2D eigenvalue weighted by Gasteiger charge is -2.32. The van der Waals surface area contributed by atoms with Crippen molar-refractivity contribution in [3.05, 3.63) is 34.9 Å². The highest BCUT2D eigenvalue weighted by atomic mass is 16.5. The molecular formula is C16H26N2O. The minimum atomic E-state index is 0.415. The van der Waals surface area contributed by atoms with Crippen LogP contribution in [0.5, 0.6) is 0 Å². The Balaban J connectivity index is 1.83. The monoisotopic (exact) mass is 262 g/mol. The molecule has 0 saturated carbocycles. The number of hydrogen-bond acceptors (Lipinski definition) is 3. The lowest BCUT2D eigenvalue weighted by molar-refractivity contribution is 0.00975. The maximum atomic E-state index is 5.72. The van der Waals surface area contributed by atoms with Gasteiger partial charge in [0.05, 0.1) is 12.7 Å². The summed E-state index contributed by atoms with van der Waals surface area (Å²) in [6.07, 6.45) is 2.67. The number of ether oxygens (including phenoxy) is 1. The van der Waals surface area contributed by atoms with Crippen molar-refractivity contribution in [2.75, 3.05) is 26.2 Å². The maximum absolute atomic E-state index is 5.72. The molecule has 1 aliphatic rings. The van der Waals surface area contributed by atoms with Gasteiger partial charge in [-0.1, -0.05) is 23.8 Å². The van der Waals surface area contributed by atoms with E-state index < -0.39 is 0 Å². The zero-order valence-electron chi connectivity index (χ0n) is 12.2. The summed E-state index contributed by atoms with van der Waals surface area (Å²) in [4.78, 5) is 2.53. The highest BCUT2D eigenvalue weighted by Gasteiger charge is 2.19. The Morgan fingerprint density at radius 3 is 2.68 bits per heavy atom. The first-order chi connectivity index (χ1) is 9.19. The van der Waals surface area contributed by atoms with E-state index in [1.54, 1.807) is 0 Å². The lowest BCUT2D eigenvalue weighted by atomic mass is 10.0. The Morgan fingerprint density at radius 1 is 1.26 bits per heavy atom. The van der Waals surface area contributed by atoms with Crippen LogP contribution in [0.2, 0.25) is 0 Å². The molecule has 19 heavy (non-hydrogen) atoms. The predicted octanol–water partition coefficient (Wildman–Crippen LogP) is 2.24. The topological polar surface area (TPSA) is 38.5 Å². The Bertz CT molecular complexity index is 398. The highest BCUT2D eigenvalue weighted by Crippen LogP contribution is 2.18. The van der Waals surface area contributed by atoms with Crippen molar-refractivity contribution in [1.82, 2.24) is 4.90 Å². The van der Waals surface area contributed by atoms with Gasteiger partial charge in [-0.15, -0.1) is 0 Å². The maximum Gasteiger partial charge on any atom is 0.0600 e. The molecule has 0 bridgehead atoms. The summed E-state index contributed by atoms with van der Waals surface area (Å²) in [6.45, 7) is 9.01. The van der Waals surface area contributed by atoms with Gasteiger partial charge in [0.15, 0.2) is 0 Å². The summed E-state index contributed by atoms with van der Waals surface area (Å²) in [6, 6.07) is 6.72. The number of nitrogens with zero attached hydrogens (tertiary/aromatic N) is 1. The molecule has 1 aliphatic heterocycles. The third-order valence-electron chi connectivity index (χ3n) is 3.90. The molecule has 106 valence electrons. The molecular weight excluding hydrogens is 236 g/mol. The Labute approximate surface area is 116 Å². The van der Waals surface area contributed by atoms with Crippen molar-refractivity contribution in [3.8, 4) is 0 Å². The average Bonchev–Trinajstić information content (AvgIpc) is 2.42. The quantitative estimate of drug-likeness (QED) is 0.884. The van der Waals surface area contributed by atoms with Crippen LogP contribution in [0.3, 0.4) is 0 Å². The summed E-state index contributed by atoms with van der Waals surface area (Å²) in [7, 11) is 0. The molecule has 1 fully saturated rings. The molecule has 0 unspecified atom stereocenters. The van der Waals surface area contributed by atoms with Gasteiger partial charge >= 0.3 is 0 Å². The SMILES string of the molecule is Cc1ccc(C)c(CN2CCC(OCCN)CC2)c1. The van der Waals surface area contributed by atoms with Gasteiger partial charge in [-0.25, -0.2) is 0 Å². The van der Waals surface area contributed by atoms with Gasteiger partial charge in [0.25, 0.3) is 0 Å². The number of likely N-dealkylation sites (tertiary alicyclic amines) is 1. The molecule has 1 heterocycles. The normalized spacial score (nSPS) is 17.8. The zero-order chi connectivity index (χ0) is 13.7. The number of hydrogen-bond donors (Lipinski definition) is 1. The molecule has 0 atom stereocenters. The molecule has 2 N–H and O–H groups in total. The molecule has 1 aromatic rings. The lowest BCUT2D eigenvalue weighted by Crippen LogP contribution is -2.37. The van der Waals surface area contributed by atoms with Gasteiger partial charge in [0.1, 0.15) is 0 Å². The number of nitrogens with two attached hydrogens (primary N) is 1. The highest BCUT2D eigenvalue weighted by molar-refractivity contribution is 5.30. The van der Waals surface area contributed by atoms with Crippen LogP contribution in [0.15, 0.2) is 18.2 Å². The second-order valence-corrected chi connectivity index (χ2v) is 5.56. The third-order valence-corrected chi connectivity index (χ3v) is 3.90. The van der Waals surface area contributed by atoms with Crippen molar-refractivity contribution in [2.45, 2.75) is 39.3 Å². The van der Waals surface area contributed by atoms with Crippen LogP contribution < -0.4 is 5.73 Å². The van der Waals surface area contributed by atoms with Crippen molar-refractivity contribution in [2.24, 2.45) is 5.73 Å². The number of benzene rings is 1. The van der Waals surface area contributed by atoms with Crippen LogP contribution in [-0.2, 0) is 11.3 Å². The van der Waals surface area contributed by atoms with Gasteiger partial charge in [0.2, 0.25) is 0 Å². The minimum Gasteiger partial charge on any atom is -0.377 e. The fourth-order valence-corrected chi connectivity index (χ4v) is 2.68. The van der Waals surface area contributed by atoms with Gasteiger partial charge < -0.3 is 10.5 Å². The van der Waals surface area contributed by atoms with Crippen LogP contribution in [0, 0.1) is 13.8 Å². The Hall–Kier alpha value is -0.900. The van der Waals surface area contributed by atoms with Crippen molar-refractivity contribution in [1.29, 1.82) is 0 Å². The van der Waals surface area contributed by atoms with Gasteiger partial charge in [0, 0.05) is 26.2 Å². The smallest absolute Gasteiger partial charge is 0.0600 e. The van der Waals surface area contributed by atoms with Crippen molar-refractivity contribution in [3.63, 3.8) is 0 Å². The second-order valence-electron chi connectivity index (χ2n) is 5.56. The van der Waals surface area contributed by atoms with E-state index in [0.29, 0.717) is 19.3 Å².